The lowest BCUT2D eigenvalue weighted by atomic mass is 10.1. The highest BCUT2D eigenvalue weighted by Gasteiger charge is 2.31. The number of carbonyl (C=O) groups is 1. The third-order valence-electron chi connectivity index (χ3n) is 5.22. The zero-order valence-corrected chi connectivity index (χ0v) is 19.8. The molecule has 0 atom stereocenters. The highest BCUT2D eigenvalue weighted by Crippen LogP contribution is 2.33. The fourth-order valence-corrected chi connectivity index (χ4v) is 3.43. The third-order valence-corrected chi connectivity index (χ3v) is 5.22. The maximum atomic E-state index is 13.2. The Kier molecular flexibility index (Phi) is 7.51. The van der Waals surface area contributed by atoms with Gasteiger partial charge in [-0.15, -0.1) is 5.10 Å². The molecule has 0 bridgehead atoms. The van der Waals surface area contributed by atoms with Crippen LogP contribution in [-0.2, 0) is 11.0 Å². The summed E-state index contributed by atoms with van der Waals surface area (Å²) in [4.78, 5) is 26.8. The van der Waals surface area contributed by atoms with Gasteiger partial charge in [0.2, 0.25) is 5.91 Å². The molecule has 0 unspecified atom stereocenters. The van der Waals surface area contributed by atoms with Crippen molar-refractivity contribution >= 4 is 23.4 Å². The zero-order chi connectivity index (χ0) is 27.3. The summed E-state index contributed by atoms with van der Waals surface area (Å²) in [7, 11) is 0. The van der Waals surface area contributed by atoms with Gasteiger partial charge in [-0.05, 0) is 67.1 Å². The third kappa shape index (κ3) is 6.22. The number of amides is 1. The van der Waals surface area contributed by atoms with Crippen LogP contribution in [0.2, 0.25) is 0 Å². The number of carbonyl (C=O) groups excluding carboxylic acids is 1. The van der Waals surface area contributed by atoms with E-state index in [0.29, 0.717) is 16.9 Å². The molecule has 1 heterocycles. The molecule has 3 aromatic carbocycles. The molecule has 1 N–H and O–H groups in total. The number of ether oxygens (including phenoxy) is 1. The number of aromatic nitrogens is 3. The molecular weight excluding hydrogens is 503 g/mol. The quantitative estimate of drug-likeness (QED) is 0.175. The maximum Gasteiger partial charge on any atom is 0.416 e. The van der Waals surface area contributed by atoms with Crippen LogP contribution in [-0.4, -0.2) is 32.2 Å². The minimum absolute atomic E-state index is 0.00803. The molecule has 12 heteroatoms. The number of rotatable bonds is 8. The number of anilines is 1. The highest BCUT2D eigenvalue weighted by molar-refractivity contribution is 6.02. The summed E-state index contributed by atoms with van der Waals surface area (Å²) in [5.41, 5.74) is 0.880. The standard InChI is InChI=1S/C26H20F3N5O4/c1-2-38-25-31-24(18-4-3-5-19(16-18)26(27,28)29)33(32-25)21-13-9-20(10-14-21)30-23(35)15-8-17-6-11-22(12-7-17)34(36)37/h3-16H,2H2,1H3,(H,30,35)/b15-8+. The Morgan fingerprint density at radius 1 is 1.11 bits per heavy atom. The highest BCUT2D eigenvalue weighted by atomic mass is 19.4. The first-order valence-electron chi connectivity index (χ1n) is 11.3. The Bertz CT molecular complexity index is 1480. The van der Waals surface area contributed by atoms with Crippen molar-refractivity contribution in [3.63, 3.8) is 0 Å². The number of nitrogens with zero attached hydrogens (tertiary/aromatic N) is 4. The number of alkyl halides is 3. The monoisotopic (exact) mass is 523 g/mol. The van der Waals surface area contributed by atoms with Gasteiger partial charge in [0.05, 0.1) is 22.8 Å². The second-order valence-electron chi connectivity index (χ2n) is 7.86. The van der Waals surface area contributed by atoms with Gasteiger partial charge in [0.15, 0.2) is 5.82 Å². The molecule has 1 aromatic heterocycles. The van der Waals surface area contributed by atoms with E-state index in [1.54, 1.807) is 31.2 Å². The van der Waals surface area contributed by atoms with Crippen LogP contribution in [0.1, 0.15) is 18.1 Å². The second-order valence-corrected chi connectivity index (χ2v) is 7.86. The number of halogens is 3. The van der Waals surface area contributed by atoms with Crippen molar-refractivity contribution in [1.82, 2.24) is 14.8 Å². The Morgan fingerprint density at radius 3 is 2.45 bits per heavy atom. The van der Waals surface area contributed by atoms with Gasteiger partial charge in [-0.25, -0.2) is 4.68 Å². The topological polar surface area (TPSA) is 112 Å². The first-order valence-corrected chi connectivity index (χ1v) is 11.3. The van der Waals surface area contributed by atoms with Crippen LogP contribution in [0.3, 0.4) is 0 Å². The van der Waals surface area contributed by atoms with Crippen LogP contribution >= 0.6 is 0 Å². The fourth-order valence-electron chi connectivity index (χ4n) is 3.43. The number of non-ortho nitro benzene ring substituents is 1. The van der Waals surface area contributed by atoms with Crippen LogP contribution in [0.5, 0.6) is 6.01 Å². The molecule has 0 aliphatic heterocycles. The smallest absolute Gasteiger partial charge is 0.416 e. The van der Waals surface area contributed by atoms with E-state index >= 15 is 0 Å². The molecule has 194 valence electrons. The SMILES string of the molecule is CCOc1nc(-c2cccc(C(F)(F)F)c2)n(-c2ccc(NC(=O)/C=C/c3ccc([N+](=O)[O-])cc3)cc2)n1. The van der Waals surface area contributed by atoms with Crippen molar-refractivity contribution in [3.05, 3.63) is 100 Å². The summed E-state index contributed by atoms with van der Waals surface area (Å²) in [6.07, 6.45) is -1.72. The zero-order valence-electron chi connectivity index (χ0n) is 19.8. The molecule has 0 saturated carbocycles. The lowest BCUT2D eigenvalue weighted by molar-refractivity contribution is -0.384. The fraction of sp³-hybridized carbons (Fsp3) is 0.115. The largest absolute Gasteiger partial charge is 0.463 e. The van der Waals surface area contributed by atoms with Gasteiger partial charge < -0.3 is 10.1 Å². The van der Waals surface area contributed by atoms with E-state index in [0.717, 1.165) is 12.1 Å². The number of nitro groups is 1. The minimum Gasteiger partial charge on any atom is -0.463 e. The lowest BCUT2D eigenvalue weighted by Gasteiger charge is -2.10. The number of nitro benzene ring substituents is 1. The molecule has 9 nitrogen and oxygen atoms in total. The molecule has 4 rings (SSSR count). The number of nitrogens with one attached hydrogen (secondary N) is 1. The van der Waals surface area contributed by atoms with Gasteiger partial charge in [0, 0.05) is 29.5 Å². The van der Waals surface area contributed by atoms with E-state index in [2.05, 4.69) is 15.4 Å². The second kappa shape index (κ2) is 10.9. The van der Waals surface area contributed by atoms with Gasteiger partial charge >= 0.3 is 12.2 Å². The Labute approximate surface area is 214 Å². The van der Waals surface area contributed by atoms with Crippen LogP contribution < -0.4 is 10.1 Å². The number of hydrogen-bond acceptors (Lipinski definition) is 6. The molecule has 0 aliphatic carbocycles. The summed E-state index contributed by atoms with van der Waals surface area (Å²) in [6, 6.07) is 16.9. The first kappa shape index (κ1) is 26.1. The minimum atomic E-state index is -4.52. The average Bonchev–Trinajstić information content (AvgIpc) is 3.32. The van der Waals surface area contributed by atoms with Crippen LogP contribution in [0, 0.1) is 10.1 Å². The molecule has 0 aliphatic rings. The molecule has 38 heavy (non-hydrogen) atoms. The normalized spacial score (nSPS) is 11.5. The van der Waals surface area contributed by atoms with Gasteiger partial charge in [-0.1, -0.05) is 12.1 Å². The van der Waals surface area contributed by atoms with E-state index in [9.17, 15) is 28.1 Å². The summed E-state index contributed by atoms with van der Waals surface area (Å²) >= 11 is 0. The van der Waals surface area contributed by atoms with Crippen LogP contribution in [0.15, 0.2) is 78.9 Å². The van der Waals surface area contributed by atoms with E-state index in [4.69, 9.17) is 4.74 Å². The summed E-state index contributed by atoms with van der Waals surface area (Å²) in [5, 5.41) is 17.7. The van der Waals surface area contributed by atoms with Gasteiger partial charge in [0.1, 0.15) is 0 Å². The van der Waals surface area contributed by atoms with Gasteiger partial charge in [0.25, 0.3) is 5.69 Å². The van der Waals surface area contributed by atoms with E-state index in [1.165, 1.54) is 53.2 Å². The summed E-state index contributed by atoms with van der Waals surface area (Å²) in [5.74, 6) is -0.275. The van der Waals surface area contributed by atoms with Crippen LogP contribution in [0.25, 0.3) is 23.2 Å². The summed E-state index contributed by atoms with van der Waals surface area (Å²) < 4.78 is 46.5. The molecule has 0 saturated heterocycles. The molecular formula is C26H20F3N5O4. The predicted octanol–water partition coefficient (Wildman–Crippen LogP) is 5.91. The number of hydrogen-bond donors (Lipinski definition) is 1. The van der Waals surface area contributed by atoms with Crippen molar-refractivity contribution in [2.75, 3.05) is 11.9 Å². The van der Waals surface area contributed by atoms with Gasteiger partial charge in [-0.3, -0.25) is 14.9 Å². The first-order chi connectivity index (χ1) is 18.1. The number of benzene rings is 3. The van der Waals surface area contributed by atoms with Crippen molar-refractivity contribution in [2.45, 2.75) is 13.1 Å². The van der Waals surface area contributed by atoms with E-state index in [1.807, 2.05) is 0 Å². The maximum absolute atomic E-state index is 13.2. The Morgan fingerprint density at radius 2 is 1.82 bits per heavy atom. The molecule has 4 aromatic rings. The summed E-state index contributed by atoms with van der Waals surface area (Å²) in [6.45, 7) is 2.00. The van der Waals surface area contributed by atoms with Crippen molar-refractivity contribution in [3.8, 4) is 23.1 Å². The van der Waals surface area contributed by atoms with E-state index in [-0.39, 0.29) is 29.7 Å². The van der Waals surface area contributed by atoms with E-state index < -0.39 is 22.6 Å². The Balaban J connectivity index is 1.53. The molecule has 0 spiro atoms. The predicted molar refractivity (Wildman–Crippen MR) is 134 cm³/mol. The van der Waals surface area contributed by atoms with Crippen LogP contribution in [0.4, 0.5) is 24.5 Å². The van der Waals surface area contributed by atoms with Gasteiger partial charge in [-0.2, -0.15) is 18.2 Å². The molecule has 0 fully saturated rings. The van der Waals surface area contributed by atoms with Crippen molar-refractivity contribution in [1.29, 1.82) is 0 Å². The Hall–Kier alpha value is -5.00. The van der Waals surface area contributed by atoms with Crippen molar-refractivity contribution < 1.29 is 27.6 Å². The molecule has 1 amide bonds. The molecule has 0 radical (unpaired) electrons. The lowest BCUT2D eigenvalue weighted by Crippen LogP contribution is -2.08. The van der Waals surface area contributed by atoms with Crippen molar-refractivity contribution in [2.24, 2.45) is 0 Å². The average molecular weight is 523 g/mol.